The lowest BCUT2D eigenvalue weighted by Gasteiger charge is -2.27. The van der Waals surface area contributed by atoms with Crippen LogP contribution in [-0.2, 0) is 30.3 Å². The fourth-order valence-corrected chi connectivity index (χ4v) is 3.61. The van der Waals surface area contributed by atoms with Crippen molar-refractivity contribution in [3.8, 4) is 0 Å². The second kappa shape index (κ2) is 14.5. The molecule has 0 aliphatic carbocycles. The number of hydrogen-bond acceptors (Lipinski definition) is 9. The number of nitrogens with one attached hydrogen (secondary N) is 2. The molecule has 1 fully saturated rings. The summed E-state index contributed by atoms with van der Waals surface area (Å²) < 4.78 is 18.2. The lowest BCUT2D eigenvalue weighted by Crippen LogP contribution is -2.53. The van der Waals surface area contributed by atoms with Gasteiger partial charge < -0.3 is 38.8 Å². The zero-order valence-corrected chi connectivity index (χ0v) is 25.6. The number of carbonyl (C=O) groups excluding carboxylic acids is 3. The van der Waals surface area contributed by atoms with Gasteiger partial charge in [-0.25, -0.2) is 29.1 Å². The number of carboxylic acid groups (broad SMARTS) is 1. The molecule has 0 saturated carbocycles. The number of aromatic nitrogens is 4. The molecule has 0 aromatic carbocycles. The zero-order valence-electron chi connectivity index (χ0n) is 24.6. The maximum atomic E-state index is 11.5. The zero-order chi connectivity index (χ0) is 30.7. The van der Waals surface area contributed by atoms with Crippen LogP contribution in [0.15, 0.2) is 37.4 Å². The number of carboxylic acids is 1. The van der Waals surface area contributed by atoms with E-state index in [1.165, 1.54) is 12.5 Å². The van der Waals surface area contributed by atoms with Gasteiger partial charge in [-0.1, -0.05) is 19.6 Å². The van der Waals surface area contributed by atoms with Gasteiger partial charge in [0.15, 0.2) is 14.3 Å². The second-order valence-electron chi connectivity index (χ2n) is 11.8. The van der Waals surface area contributed by atoms with Gasteiger partial charge in [0.05, 0.1) is 19.2 Å². The van der Waals surface area contributed by atoms with Crippen molar-refractivity contribution in [1.82, 2.24) is 29.4 Å². The summed E-state index contributed by atoms with van der Waals surface area (Å²) in [6.45, 7) is 17.6. The summed E-state index contributed by atoms with van der Waals surface area (Å²) in [7, 11) is -1.13. The van der Waals surface area contributed by atoms with Gasteiger partial charge in [0.1, 0.15) is 23.9 Å². The summed E-state index contributed by atoms with van der Waals surface area (Å²) in [5, 5.41) is 13.7. The van der Waals surface area contributed by atoms with Crippen LogP contribution in [0.1, 0.15) is 41.5 Å². The number of amides is 2. The van der Waals surface area contributed by atoms with Crippen molar-refractivity contribution in [3.63, 3.8) is 0 Å². The van der Waals surface area contributed by atoms with Gasteiger partial charge in [0, 0.05) is 24.8 Å². The minimum Gasteiger partial charge on any atom is -0.480 e. The number of carbonyl (C=O) groups is 4. The molecule has 3 N–H and O–H groups in total. The molecule has 1 saturated heterocycles. The molecule has 40 heavy (non-hydrogen) atoms. The molecular weight excluding hydrogens is 540 g/mol. The second-order valence-corrected chi connectivity index (χ2v) is 16.6. The van der Waals surface area contributed by atoms with Gasteiger partial charge in [0.2, 0.25) is 0 Å². The minimum absolute atomic E-state index is 0.0918. The number of nitrogens with zero attached hydrogens (tertiary/aromatic N) is 4. The molecule has 224 valence electrons. The third-order valence-electron chi connectivity index (χ3n) is 4.59. The number of ether oxygens (including phenoxy) is 3. The van der Waals surface area contributed by atoms with Gasteiger partial charge in [-0.2, -0.15) is 0 Å². The molecule has 0 bridgehead atoms. The Kier molecular flexibility index (Phi) is 12.4. The third kappa shape index (κ3) is 14.3. The molecule has 2 aromatic heterocycles. The Labute approximate surface area is 235 Å². The summed E-state index contributed by atoms with van der Waals surface area (Å²) in [5.41, 5.74) is -1.21. The number of aliphatic carboxylic acids is 1. The van der Waals surface area contributed by atoms with Crippen molar-refractivity contribution in [2.45, 2.75) is 91.0 Å². The number of rotatable bonds is 6. The smallest absolute Gasteiger partial charge is 0.408 e. The van der Waals surface area contributed by atoms with E-state index in [4.69, 9.17) is 14.6 Å². The van der Waals surface area contributed by atoms with Crippen LogP contribution < -0.4 is 10.6 Å². The van der Waals surface area contributed by atoms with Gasteiger partial charge >= 0.3 is 24.1 Å². The van der Waals surface area contributed by atoms with Crippen LogP contribution in [0, 0.1) is 0 Å². The van der Waals surface area contributed by atoms with E-state index in [9.17, 15) is 19.2 Å². The Morgan fingerprint density at radius 3 is 1.93 bits per heavy atom. The molecule has 14 nitrogen and oxygen atoms in total. The highest BCUT2D eigenvalue weighted by molar-refractivity contribution is 6.74. The lowest BCUT2D eigenvalue weighted by atomic mass is 10.2. The minimum atomic E-state index is -1.13. The normalized spacial score (nSPS) is 15.4. The van der Waals surface area contributed by atoms with Crippen molar-refractivity contribution in [1.29, 1.82) is 0 Å². The highest BCUT2D eigenvalue weighted by Gasteiger charge is 2.33. The van der Waals surface area contributed by atoms with Crippen LogP contribution >= 0.6 is 0 Å². The summed E-state index contributed by atoms with van der Waals surface area (Å²) in [6, 6.07) is -1.59. The summed E-state index contributed by atoms with van der Waals surface area (Å²) >= 11 is 0. The maximum absolute atomic E-state index is 11.5. The molecule has 2 amide bonds. The van der Waals surface area contributed by atoms with Crippen molar-refractivity contribution in [2.75, 3.05) is 6.61 Å². The van der Waals surface area contributed by atoms with Crippen molar-refractivity contribution in [2.24, 2.45) is 0 Å². The maximum Gasteiger partial charge on any atom is 0.408 e. The fourth-order valence-electron chi connectivity index (χ4n) is 2.68. The standard InChI is InChI=1S/C11H17N3O4.C8H13NO4.C6H12N2Si/c1-11(2,3)18-10(17)13-8(9(15)16)6-14-5-4-12-7-14;1-8(2,3)13-7(11)9-5-4-12-6(5)10;1-9(2,3)8-5-4-7-6-8/h4-5,7-8H,6H2,1-3H3,(H,13,17)(H,15,16);5H,4H2,1-3H3,(H,9,11);4-6H,1-3H3/t8-;;/m0../s1. The van der Waals surface area contributed by atoms with Crippen LogP contribution in [0.3, 0.4) is 0 Å². The Morgan fingerprint density at radius 1 is 1.02 bits per heavy atom. The molecule has 1 unspecified atom stereocenters. The fraction of sp³-hybridized carbons (Fsp3) is 0.600. The number of hydrogen-bond donors (Lipinski definition) is 3. The quantitative estimate of drug-likeness (QED) is 0.261. The first-order chi connectivity index (χ1) is 18.3. The number of cyclic esters (lactones) is 1. The Balaban J connectivity index is 0.000000318. The molecule has 3 rings (SSSR count). The Morgan fingerprint density at radius 2 is 1.57 bits per heavy atom. The molecular formula is C25H42N6O8Si. The molecule has 15 heteroatoms. The highest BCUT2D eigenvalue weighted by Crippen LogP contribution is 2.09. The van der Waals surface area contributed by atoms with Gasteiger partial charge in [-0.05, 0) is 41.5 Å². The molecule has 1 aliphatic rings. The van der Waals surface area contributed by atoms with Crippen LogP contribution in [0.25, 0.3) is 0 Å². The monoisotopic (exact) mass is 582 g/mol. The molecule has 2 aromatic rings. The van der Waals surface area contributed by atoms with Crippen molar-refractivity contribution >= 4 is 32.4 Å². The van der Waals surface area contributed by atoms with E-state index in [1.54, 1.807) is 52.3 Å². The number of esters is 1. The summed E-state index contributed by atoms with van der Waals surface area (Å²) in [5.74, 6) is -1.54. The van der Waals surface area contributed by atoms with E-state index in [2.05, 4.69) is 49.2 Å². The first kappa shape index (κ1) is 34.1. The van der Waals surface area contributed by atoms with Gasteiger partial charge in [-0.15, -0.1) is 0 Å². The van der Waals surface area contributed by atoms with Crippen LogP contribution in [0.4, 0.5) is 9.59 Å². The van der Waals surface area contributed by atoms with Crippen molar-refractivity contribution < 1.29 is 38.5 Å². The average Bonchev–Trinajstić information content (AvgIpc) is 3.48. The van der Waals surface area contributed by atoms with E-state index in [1.807, 2.05) is 18.7 Å². The van der Waals surface area contributed by atoms with Crippen LogP contribution in [0.5, 0.6) is 0 Å². The van der Waals surface area contributed by atoms with Gasteiger partial charge in [0.25, 0.3) is 0 Å². The van der Waals surface area contributed by atoms with Gasteiger partial charge in [-0.3, -0.25) is 0 Å². The molecule has 0 spiro atoms. The topological polar surface area (TPSA) is 176 Å². The van der Waals surface area contributed by atoms with E-state index in [-0.39, 0.29) is 13.2 Å². The molecule has 3 heterocycles. The first-order valence-electron chi connectivity index (χ1n) is 12.6. The number of imidazole rings is 2. The Bertz CT molecular complexity index is 1090. The predicted octanol–water partition coefficient (Wildman–Crippen LogP) is 2.86. The highest BCUT2D eigenvalue weighted by atomic mass is 28.3. The number of alkyl carbamates (subject to hydrolysis) is 2. The van der Waals surface area contributed by atoms with E-state index >= 15 is 0 Å². The van der Waals surface area contributed by atoms with Crippen LogP contribution in [0.2, 0.25) is 19.6 Å². The summed E-state index contributed by atoms with van der Waals surface area (Å²) in [6.07, 6.45) is 9.05. The predicted molar refractivity (Wildman–Crippen MR) is 148 cm³/mol. The van der Waals surface area contributed by atoms with E-state index in [0.717, 1.165) is 0 Å². The Hall–Kier alpha value is -3.88. The van der Waals surface area contributed by atoms with E-state index < -0.39 is 55.6 Å². The summed E-state index contributed by atoms with van der Waals surface area (Å²) in [4.78, 5) is 52.0. The first-order valence-corrected chi connectivity index (χ1v) is 16.0. The molecule has 2 atom stereocenters. The van der Waals surface area contributed by atoms with Crippen molar-refractivity contribution in [3.05, 3.63) is 37.4 Å². The molecule has 0 radical (unpaired) electrons. The molecule has 1 aliphatic heterocycles. The SMILES string of the molecule is CC(C)(C)OC(=O)NC1COC1=O.CC(C)(C)OC(=O)N[C@@H](Cn1ccnc1)C(=O)O.C[Si](C)(C)n1ccnc1. The van der Waals surface area contributed by atoms with E-state index in [0.29, 0.717) is 0 Å². The average molecular weight is 583 g/mol. The van der Waals surface area contributed by atoms with Crippen LogP contribution in [-0.4, -0.2) is 86.1 Å². The lowest BCUT2D eigenvalue weighted by molar-refractivity contribution is -0.162. The largest absolute Gasteiger partial charge is 0.480 e. The third-order valence-corrected chi connectivity index (χ3v) is 6.40.